The summed E-state index contributed by atoms with van der Waals surface area (Å²) in [6, 6.07) is 32.3. The number of amides is 2. The van der Waals surface area contributed by atoms with Crippen molar-refractivity contribution < 1.29 is 18.0 Å². The van der Waals surface area contributed by atoms with Crippen LogP contribution in [0.2, 0.25) is 5.02 Å². The minimum absolute atomic E-state index is 0.148. The lowest BCUT2D eigenvalue weighted by Crippen LogP contribution is -2.50. The highest BCUT2D eigenvalue weighted by atomic mass is 35.5. The molecule has 0 spiro atoms. The van der Waals surface area contributed by atoms with Gasteiger partial charge in [-0.2, -0.15) is 0 Å². The van der Waals surface area contributed by atoms with E-state index < -0.39 is 16.1 Å². The molecule has 4 rings (SSSR count). The van der Waals surface area contributed by atoms with Crippen molar-refractivity contribution in [3.8, 4) is 0 Å². The number of aryl methyl sites for hydroxylation is 1. The van der Waals surface area contributed by atoms with Crippen molar-refractivity contribution in [2.75, 3.05) is 6.54 Å². The zero-order valence-corrected chi connectivity index (χ0v) is 25.7. The van der Waals surface area contributed by atoms with Gasteiger partial charge in [0.1, 0.15) is 6.04 Å². The summed E-state index contributed by atoms with van der Waals surface area (Å²) in [5.74, 6) is -0.451. The maximum Gasteiger partial charge on any atom is 0.243 e. The van der Waals surface area contributed by atoms with Gasteiger partial charge in [0.2, 0.25) is 21.8 Å². The number of nitrogens with zero attached hydrogens (tertiary/aromatic N) is 1. The number of rotatable bonds is 14. The van der Waals surface area contributed by atoms with E-state index in [-0.39, 0.29) is 36.2 Å². The highest BCUT2D eigenvalue weighted by molar-refractivity contribution is 7.89. The lowest BCUT2D eigenvalue weighted by molar-refractivity contribution is -0.141. The number of nitrogens with one attached hydrogen (secondary N) is 2. The zero-order valence-electron chi connectivity index (χ0n) is 24.1. The molecule has 43 heavy (non-hydrogen) atoms. The second-order valence-electron chi connectivity index (χ2n) is 10.2. The average molecular weight is 618 g/mol. The van der Waals surface area contributed by atoms with Crippen molar-refractivity contribution >= 4 is 33.4 Å². The van der Waals surface area contributed by atoms with E-state index in [1.54, 1.807) is 42.2 Å². The number of halogens is 1. The lowest BCUT2D eigenvalue weighted by atomic mass is 10.0. The SMILES string of the molecule is CCNS(=O)(=O)c1ccc(CCC(=O)N(Cc2ccccc2)C(Cc2ccccc2)C(=O)NCc2ccccc2Cl)cc1. The Balaban J connectivity index is 1.57. The average Bonchev–Trinajstić information content (AvgIpc) is 3.02. The van der Waals surface area contributed by atoms with Crippen LogP contribution in [0.15, 0.2) is 114 Å². The van der Waals surface area contributed by atoms with Crippen molar-refractivity contribution in [3.63, 3.8) is 0 Å². The lowest BCUT2D eigenvalue weighted by Gasteiger charge is -2.32. The fourth-order valence-electron chi connectivity index (χ4n) is 4.78. The molecule has 7 nitrogen and oxygen atoms in total. The second-order valence-corrected chi connectivity index (χ2v) is 12.3. The third kappa shape index (κ3) is 9.25. The van der Waals surface area contributed by atoms with Gasteiger partial charge in [0.05, 0.1) is 4.90 Å². The van der Waals surface area contributed by atoms with Crippen LogP contribution in [0.1, 0.15) is 35.6 Å². The van der Waals surface area contributed by atoms with Crippen LogP contribution in [0.3, 0.4) is 0 Å². The van der Waals surface area contributed by atoms with Crippen LogP contribution in [0.5, 0.6) is 0 Å². The van der Waals surface area contributed by atoms with Crippen LogP contribution in [0, 0.1) is 0 Å². The molecule has 0 aliphatic carbocycles. The molecule has 0 heterocycles. The summed E-state index contributed by atoms with van der Waals surface area (Å²) < 4.78 is 27.1. The molecule has 0 fully saturated rings. The highest BCUT2D eigenvalue weighted by Gasteiger charge is 2.30. The molecule has 0 radical (unpaired) electrons. The number of sulfonamides is 1. The number of hydrogen-bond acceptors (Lipinski definition) is 4. The van der Waals surface area contributed by atoms with E-state index in [0.717, 1.165) is 22.3 Å². The highest BCUT2D eigenvalue weighted by Crippen LogP contribution is 2.19. The van der Waals surface area contributed by atoms with Crippen molar-refractivity contribution in [1.29, 1.82) is 0 Å². The quantitative estimate of drug-likeness (QED) is 0.195. The molecule has 4 aromatic rings. The van der Waals surface area contributed by atoms with Crippen LogP contribution in [-0.4, -0.2) is 37.7 Å². The molecule has 9 heteroatoms. The molecular weight excluding hydrogens is 582 g/mol. The summed E-state index contributed by atoms with van der Waals surface area (Å²) in [5, 5.41) is 3.56. The van der Waals surface area contributed by atoms with Gasteiger partial charge < -0.3 is 10.2 Å². The van der Waals surface area contributed by atoms with Crippen LogP contribution < -0.4 is 10.0 Å². The van der Waals surface area contributed by atoms with E-state index in [0.29, 0.717) is 24.4 Å². The van der Waals surface area contributed by atoms with Gasteiger partial charge in [0.25, 0.3) is 0 Å². The predicted molar refractivity (Wildman–Crippen MR) is 170 cm³/mol. The van der Waals surface area contributed by atoms with Crippen molar-refractivity contribution in [2.45, 2.75) is 50.2 Å². The maximum atomic E-state index is 13.9. The molecule has 4 aromatic carbocycles. The Morgan fingerprint density at radius 3 is 2.02 bits per heavy atom. The van der Waals surface area contributed by atoms with Gasteiger partial charge in [-0.05, 0) is 46.9 Å². The van der Waals surface area contributed by atoms with Crippen molar-refractivity contribution in [3.05, 3.63) is 136 Å². The van der Waals surface area contributed by atoms with Gasteiger partial charge in [-0.25, -0.2) is 13.1 Å². The molecular formula is C34H36ClN3O4S. The van der Waals surface area contributed by atoms with Crippen LogP contribution >= 0.6 is 11.6 Å². The van der Waals surface area contributed by atoms with Gasteiger partial charge in [-0.1, -0.05) is 110 Å². The van der Waals surface area contributed by atoms with Gasteiger partial charge in [-0.3, -0.25) is 9.59 Å². The molecule has 1 atom stereocenters. The Labute approximate surface area is 258 Å². The zero-order chi connectivity index (χ0) is 30.7. The van der Waals surface area contributed by atoms with Gasteiger partial charge in [-0.15, -0.1) is 0 Å². The molecule has 1 unspecified atom stereocenters. The molecule has 0 saturated carbocycles. The first kappa shape index (κ1) is 31.9. The summed E-state index contributed by atoms with van der Waals surface area (Å²) >= 11 is 6.33. The first-order valence-electron chi connectivity index (χ1n) is 14.2. The molecule has 224 valence electrons. The van der Waals surface area contributed by atoms with Crippen molar-refractivity contribution in [2.24, 2.45) is 0 Å². The molecule has 2 N–H and O–H groups in total. The summed E-state index contributed by atoms with van der Waals surface area (Å²) in [4.78, 5) is 29.6. The Morgan fingerprint density at radius 2 is 1.40 bits per heavy atom. The third-order valence-electron chi connectivity index (χ3n) is 7.07. The largest absolute Gasteiger partial charge is 0.350 e. The Kier molecular flexibility index (Phi) is 11.5. The van der Waals surface area contributed by atoms with Crippen LogP contribution in [-0.2, 0) is 45.5 Å². The van der Waals surface area contributed by atoms with E-state index in [9.17, 15) is 18.0 Å². The molecule has 0 aliphatic heterocycles. The fourth-order valence-corrected chi connectivity index (χ4v) is 6.02. The van der Waals surface area contributed by atoms with E-state index in [4.69, 9.17) is 11.6 Å². The van der Waals surface area contributed by atoms with Gasteiger partial charge >= 0.3 is 0 Å². The van der Waals surface area contributed by atoms with E-state index >= 15 is 0 Å². The summed E-state index contributed by atoms with van der Waals surface area (Å²) in [7, 11) is -3.56. The summed E-state index contributed by atoms with van der Waals surface area (Å²) in [5.41, 5.74) is 3.46. The molecule has 0 aliphatic rings. The topological polar surface area (TPSA) is 95.6 Å². The Morgan fingerprint density at radius 1 is 0.791 bits per heavy atom. The number of carbonyl (C=O) groups is 2. The molecule has 0 saturated heterocycles. The Bertz CT molecular complexity index is 1600. The fraction of sp³-hybridized carbons (Fsp3) is 0.235. The van der Waals surface area contributed by atoms with Crippen LogP contribution in [0.25, 0.3) is 0 Å². The maximum absolute atomic E-state index is 13.9. The van der Waals surface area contributed by atoms with E-state index in [2.05, 4.69) is 10.0 Å². The minimum atomic E-state index is -3.56. The van der Waals surface area contributed by atoms with E-state index in [1.165, 1.54) is 0 Å². The smallest absolute Gasteiger partial charge is 0.243 e. The molecule has 2 amide bonds. The first-order chi connectivity index (χ1) is 20.8. The standard InChI is InChI=1S/C34H36ClN3O4S/c1-2-37-43(41,42)30-20-17-26(18-21-30)19-22-33(39)38(25-28-13-7-4-8-14-28)32(23-27-11-5-3-6-12-27)34(40)36-24-29-15-9-10-16-31(29)35/h3-18,20-21,32,37H,2,19,22-25H2,1H3,(H,36,40). The molecule has 0 aromatic heterocycles. The number of carbonyl (C=O) groups excluding carboxylic acids is 2. The van der Waals surface area contributed by atoms with Gasteiger partial charge in [0.15, 0.2) is 0 Å². The third-order valence-corrected chi connectivity index (χ3v) is 9.00. The van der Waals surface area contributed by atoms with Gasteiger partial charge in [0, 0.05) is 37.5 Å². The Hall–Kier alpha value is -3.98. The monoisotopic (exact) mass is 617 g/mol. The summed E-state index contributed by atoms with van der Waals surface area (Å²) in [6.07, 6.45) is 0.880. The number of hydrogen-bond donors (Lipinski definition) is 2. The number of benzene rings is 4. The van der Waals surface area contributed by atoms with Crippen LogP contribution in [0.4, 0.5) is 0 Å². The predicted octanol–water partition coefficient (Wildman–Crippen LogP) is 5.53. The second kappa shape index (κ2) is 15.5. The normalized spacial score (nSPS) is 12.0. The molecule has 0 bridgehead atoms. The first-order valence-corrected chi connectivity index (χ1v) is 16.1. The van der Waals surface area contributed by atoms with Crippen molar-refractivity contribution in [1.82, 2.24) is 14.9 Å². The minimum Gasteiger partial charge on any atom is -0.350 e. The summed E-state index contributed by atoms with van der Waals surface area (Å²) in [6.45, 7) is 2.52. The van der Waals surface area contributed by atoms with E-state index in [1.807, 2.05) is 78.9 Å².